The van der Waals surface area contributed by atoms with Gasteiger partial charge in [0.15, 0.2) is 0 Å². The largest absolute Gasteiger partial charge is 0.326 e. The molecule has 7 heteroatoms. The van der Waals surface area contributed by atoms with Crippen LogP contribution in [0.25, 0.3) is 6.08 Å². The Labute approximate surface area is 188 Å². The second kappa shape index (κ2) is 10.2. The predicted octanol–water partition coefficient (Wildman–Crippen LogP) is 5.63. The van der Waals surface area contributed by atoms with Gasteiger partial charge in [0.25, 0.3) is 5.91 Å². The van der Waals surface area contributed by atoms with E-state index in [0.717, 1.165) is 22.1 Å². The molecule has 0 radical (unpaired) electrons. The molecule has 2 amide bonds. The molecule has 1 N–H and O–H groups in total. The van der Waals surface area contributed by atoms with Gasteiger partial charge in [-0.25, -0.2) is 0 Å². The number of nitrogens with one attached hydrogen (secondary N) is 1. The number of amides is 2. The molecule has 2 aromatic carbocycles. The van der Waals surface area contributed by atoms with Crippen LogP contribution in [0.1, 0.15) is 30.9 Å². The first-order chi connectivity index (χ1) is 14.0. The SMILES string of the molecule is CCc1ccc(/C=C2\SC(=S)N(CCCC(=O)Nc3cccc(Br)c3)C2=O)cc1. The van der Waals surface area contributed by atoms with Crippen molar-refractivity contribution >= 4 is 67.8 Å². The molecule has 4 nitrogen and oxygen atoms in total. The lowest BCUT2D eigenvalue weighted by Gasteiger charge is -2.14. The van der Waals surface area contributed by atoms with Crippen LogP contribution in [-0.2, 0) is 16.0 Å². The standard InChI is InChI=1S/C22H21BrN2O2S2/c1-2-15-8-10-16(11-9-15)13-19-21(27)25(22(28)29-19)12-4-7-20(26)24-18-6-3-5-17(23)14-18/h3,5-6,8-11,13-14H,2,4,7,12H2,1H3,(H,24,26)/b19-13-. The first-order valence-corrected chi connectivity index (χ1v) is 11.4. The minimum Gasteiger partial charge on any atom is -0.326 e. The van der Waals surface area contributed by atoms with Gasteiger partial charge in [0.1, 0.15) is 4.32 Å². The van der Waals surface area contributed by atoms with E-state index in [1.807, 2.05) is 42.5 Å². The van der Waals surface area contributed by atoms with Crippen molar-refractivity contribution in [2.24, 2.45) is 0 Å². The van der Waals surface area contributed by atoms with E-state index in [1.54, 1.807) is 4.90 Å². The molecule has 0 aliphatic carbocycles. The van der Waals surface area contributed by atoms with Crippen LogP contribution in [0.3, 0.4) is 0 Å². The van der Waals surface area contributed by atoms with Crippen LogP contribution < -0.4 is 5.32 Å². The molecule has 0 saturated carbocycles. The van der Waals surface area contributed by atoms with Crippen molar-refractivity contribution in [3.63, 3.8) is 0 Å². The maximum atomic E-state index is 12.7. The van der Waals surface area contributed by atoms with Crippen molar-refractivity contribution in [3.8, 4) is 0 Å². The topological polar surface area (TPSA) is 49.4 Å². The molecule has 0 unspecified atom stereocenters. The third-order valence-corrected chi connectivity index (χ3v) is 6.32. The van der Waals surface area contributed by atoms with Crippen molar-refractivity contribution in [2.75, 3.05) is 11.9 Å². The number of nitrogens with zero attached hydrogens (tertiary/aromatic N) is 1. The number of hydrogen-bond donors (Lipinski definition) is 1. The molecule has 1 saturated heterocycles. The van der Waals surface area contributed by atoms with E-state index in [-0.39, 0.29) is 11.8 Å². The number of benzene rings is 2. The Kier molecular flexibility index (Phi) is 7.64. The van der Waals surface area contributed by atoms with E-state index in [9.17, 15) is 9.59 Å². The van der Waals surface area contributed by atoms with E-state index in [0.29, 0.717) is 28.6 Å². The number of thiocarbonyl (C=S) groups is 1. The second-order valence-corrected chi connectivity index (χ2v) is 9.18. The number of hydrogen-bond acceptors (Lipinski definition) is 4. The lowest BCUT2D eigenvalue weighted by Crippen LogP contribution is -2.29. The van der Waals surface area contributed by atoms with Gasteiger partial charge in [-0.2, -0.15) is 0 Å². The van der Waals surface area contributed by atoms with Crippen LogP contribution in [-0.4, -0.2) is 27.6 Å². The zero-order valence-electron chi connectivity index (χ0n) is 16.0. The first-order valence-electron chi connectivity index (χ1n) is 9.36. The molecule has 3 rings (SSSR count). The van der Waals surface area contributed by atoms with Gasteiger partial charge in [-0.3, -0.25) is 14.5 Å². The highest BCUT2D eigenvalue weighted by Gasteiger charge is 2.31. The van der Waals surface area contributed by atoms with E-state index in [1.165, 1.54) is 17.3 Å². The molecule has 0 spiro atoms. The van der Waals surface area contributed by atoms with Crippen LogP contribution in [0.2, 0.25) is 0 Å². The van der Waals surface area contributed by atoms with E-state index < -0.39 is 0 Å². The molecule has 2 aromatic rings. The minimum atomic E-state index is -0.0908. The van der Waals surface area contributed by atoms with Crippen LogP contribution in [0.4, 0.5) is 5.69 Å². The summed E-state index contributed by atoms with van der Waals surface area (Å²) < 4.78 is 1.45. The van der Waals surface area contributed by atoms with Gasteiger partial charge < -0.3 is 5.32 Å². The molecule has 1 heterocycles. The molecule has 1 aliphatic rings. The van der Waals surface area contributed by atoms with Crippen LogP contribution in [0.15, 0.2) is 57.9 Å². The monoisotopic (exact) mass is 488 g/mol. The number of rotatable bonds is 7. The summed E-state index contributed by atoms with van der Waals surface area (Å²) in [4.78, 5) is 27.0. The van der Waals surface area contributed by atoms with Crippen molar-refractivity contribution < 1.29 is 9.59 Å². The summed E-state index contributed by atoms with van der Waals surface area (Å²) in [5, 5.41) is 2.86. The molecular weight excluding hydrogens is 468 g/mol. The van der Waals surface area contributed by atoms with Crippen LogP contribution in [0, 0.1) is 0 Å². The number of aryl methyl sites for hydroxylation is 1. The molecule has 150 valence electrons. The molecule has 1 fully saturated rings. The van der Waals surface area contributed by atoms with Gasteiger partial charge >= 0.3 is 0 Å². The molecule has 0 aromatic heterocycles. The number of anilines is 1. The molecule has 0 atom stereocenters. The average Bonchev–Trinajstić information content (AvgIpc) is 2.96. The summed E-state index contributed by atoms with van der Waals surface area (Å²) in [6, 6.07) is 15.6. The van der Waals surface area contributed by atoms with Crippen LogP contribution in [0.5, 0.6) is 0 Å². The third-order valence-electron chi connectivity index (χ3n) is 4.45. The van der Waals surface area contributed by atoms with Crippen molar-refractivity contribution in [1.82, 2.24) is 4.90 Å². The van der Waals surface area contributed by atoms with Crippen molar-refractivity contribution in [1.29, 1.82) is 0 Å². The summed E-state index contributed by atoms with van der Waals surface area (Å²) in [6.07, 6.45) is 3.72. The summed E-state index contributed by atoms with van der Waals surface area (Å²) in [5.74, 6) is -0.174. The Balaban J connectivity index is 1.53. The Bertz CT molecular complexity index is 958. The van der Waals surface area contributed by atoms with E-state index in [2.05, 4.69) is 40.3 Å². The summed E-state index contributed by atoms with van der Waals surface area (Å²) >= 11 is 10.1. The number of halogens is 1. The normalized spacial score (nSPS) is 15.2. The zero-order valence-corrected chi connectivity index (χ0v) is 19.2. The zero-order chi connectivity index (χ0) is 20.8. The average molecular weight is 489 g/mol. The highest BCUT2D eigenvalue weighted by Crippen LogP contribution is 2.32. The predicted molar refractivity (Wildman–Crippen MR) is 128 cm³/mol. The molecule has 1 aliphatic heterocycles. The van der Waals surface area contributed by atoms with Gasteiger partial charge in [0, 0.05) is 23.1 Å². The van der Waals surface area contributed by atoms with Crippen LogP contribution >= 0.6 is 39.9 Å². The molecule has 0 bridgehead atoms. The first kappa shape index (κ1) is 21.7. The minimum absolute atomic E-state index is 0.0832. The fraction of sp³-hybridized carbons (Fsp3) is 0.227. The summed E-state index contributed by atoms with van der Waals surface area (Å²) in [7, 11) is 0. The van der Waals surface area contributed by atoms with Crippen molar-refractivity contribution in [2.45, 2.75) is 26.2 Å². The maximum absolute atomic E-state index is 12.7. The Hall–Kier alpha value is -1.96. The fourth-order valence-corrected chi connectivity index (χ4v) is 4.59. The lowest BCUT2D eigenvalue weighted by atomic mass is 10.1. The Morgan fingerprint density at radius 1 is 1.24 bits per heavy atom. The van der Waals surface area contributed by atoms with Gasteiger partial charge in [-0.05, 0) is 48.2 Å². The summed E-state index contributed by atoms with van der Waals surface area (Å²) in [6.45, 7) is 2.54. The third kappa shape index (κ3) is 6.01. The van der Waals surface area contributed by atoms with Gasteiger partial charge in [0.05, 0.1) is 4.91 Å². The summed E-state index contributed by atoms with van der Waals surface area (Å²) in [5.41, 5.74) is 2.99. The number of carbonyl (C=O) groups is 2. The Morgan fingerprint density at radius 2 is 2.00 bits per heavy atom. The highest BCUT2D eigenvalue weighted by atomic mass is 79.9. The number of thioether (sulfide) groups is 1. The van der Waals surface area contributed by atoms with Gasteiger partial charge in [-0.1, -0.05) is 77.2 Å². The lowest BCUT2D eigenvalue weighted by molar-refractivity contribution is -0.122. The second-order valence-electron chi connectivity index (χ2n) is 6.59. The quantitative estimate of drug-likeness (QED) is 0.405. The maximum Gasteiger partial charge on any atom is 0.266 e. The van der Waals surface area contributed by atoms with E-state index >= 15 is 0 Å². The smallest absolute Gasteiger partial charge is 0.266 e. The number of carbonyl (C=O) groups excluding carboxylic acids is 2. The van der Waals surface area contributed by atoms with Gasteiger partial charge in [-0.15, -0.1) is 0 Å². The van der Waals surface area contributed by atoms with Gasteiger partial charge in [0.2, 0.25) is 5.91 Å². The van der Waals surface area contributed by atoms with Crippen molar-refractivity contribution in [3.05, 3.63) is 69.0 Å². The highest BCUT2D eigenvalue weighted by molar-refractivity contribution is 9.10. The Morgan fingerprint density at radius 3 is 2.69 bits per heavy atom. The molecular formula is C22H21BrN2O2S2. The van der Waals surface area contributed by atoms with E-state index in [4.69, 9.17) is 12.2 Å². The fourth-order valence-electron chi connectivity index (χ4n) is 2.88. The molecule has 29 heavy (non-hydrogen) atoms.